The molecule has 0 saturated heterocycles. The van der Waals surface area contributed by atoms with E-state index in [1.165, 1.54) is 23.3 Å². The number of carbonyl (C=O) groups is 2. The zero-order chi connectivity index (χ0) is 18.1. The van der Waals surface area contributed by atoms with E-state index in [-0.39, 0.29) is 12.3 Å². The molecule has 1 N–H and O–H groups in total. The van der Waals surface area contributed by atoms with E-state index in [0.717, 1.165) is 49.3 Å². The lowest BCUT2D eigenvalue weighted by atomic mass is 9.95. The van der Waals surface area contributed by atoms with Gasteiger partial charge in [-0.2, -0.15) is 5.10 Å². The average Bonchev–Trinajstić information content (AvgIpc) is 3.17. The second-order valence-corrected chi connectivity index (χ2v) is 8.05. The van der Waals surface area contributed by atoms with Gasteiger partial charge in [-0.15, -0.1) is 11.3 Å². The molecule has 0 unspecified atom stereocenters. The largest absolute Gasteiger partial charge is 0.481 e. The number of hydrogen-bond acceptors (Lipinski definition) is 4. The van der Waals surface area contributed by atoms with Gasteiger partial charge in [-0.1, -0.05) is 0 Å². The predicted octanol–water partition coefficient (Wildman–Crippen LogP) is 2.89. The summed E-state index contributed by atoms with van der Waals surface area (Å²) in [5.41, 5.74) is 3.96. The number of aryl methyl sites for hydroxylation is 3. The summed E-state index contributed by atoms with van der Waals surface area (Å²) in [7, 11) is 0. The maximum atomic E-state index is 13.1. The van der Waals surface area contributed by atoms with E-state index in [1.807, 2.05) is 21.0 Å². The molecule has 26 heavy (non-hydrogen) atoms. The molecule has 2 aromatic rings. The molecule has 2 aromatic heterocycles. The lowest BCUT2D eigenvalue weighted by Crippen LogP contribution is -2.31. The van der Waals surface area contributed by atoms with Crippen LogP contribution >= 0.6 is 11.3 Å². The number of amides is 1. The molecule has 7 heteroatoms. The van der Waals surface area contributed by atoms with E-state index in [4.69, 9.17) is 5.11 Å². The van der Waals surface area contributed by atoms with Crippen molar-refractivity contribution in [2.24, 2.45) is 0 Å². The highest BCUT2D eigenvalue weighted by Crippen LogP contribution is 2.31. The number of thiophene rings is 1. The minimum absolute atomic E-state index is 0.0835. The number of carbonyl (C=O) groups excluding carboxylic acids is 1. The quantitative estimate of drug-likeness (QED) is 0.894. The summed E-state index contributed by atoms with van der Waals surface area (Å²) in [4.78, 5) is 27.2. The molecule has 0 bridgehead atoms. The van der Waals surface area contributed by atoms with Gasteiger partial charge >= 0.3 is 5.97 Å². The molecule has 0 radical (unpaired) electrons. The first-order valence-electron chi connectivity index (χ1n) is 9.27. The third-order valence-electron chi connectivity index (χ3n) is 5.24. The second kappa shape index (κ2) is 7.23. The minimum atomic E-state index is -0.813. The van der Waals surface area contributed by atoms with E-state index in [1.54, 1.807) is 11.3 Å². The van der Waals surface area contributed by atoms with Gasteiger partial charge in [-0.3, -0.25) is 14.3 Å². The number of hydrogen-bond donors (Lipinski definition) is 1. The summed E-state index contributed by atoms with van der Waals surface area (Å²) in [5, 5.41) is 15.4. The Morgan fingerprint density at radius 2 is 2.04 bits per heavy atom. The summed E-state index contributed by atoms with van der Waals surface area (Å²) in [6, 6.07) is 1.96. The fourth-order valence-corrected chi connectivity index (χ4v) is 5.02. The van der Waals surface area contributed by atoms with Gasteiger partial charge < -0.3 is 10.0 Å². The van der Waals surface area contributed by atoms with Crippen LogP contribution in [0, 0.1) is 0 Å². The number of aliphatic carboxylic acids is 1. The summed E-state index contributed by atoms with van der Waals surface area (Å²) in [6.07, 6.45) is 5.90. The van der Waals surface area contributed by atoms with E-state index in [2.05, 4.69) is 5.10 Å². The van der Waals surface area contributed by atoms with Crippen LogP contribution in [-0.4, -0.2) is 38.2 Å². The van der Waals surface area contributed by atoms with E-state index in [9.17, 15) is 9.59 Å². The molecule has 0 saturated carbocycles. The minimum Gasteiger partial charge on any atom is -0.481 e. The molecule has 0 spiro atoms. The highest BCUT2D eigenvalue weighted by atomic mass is 32.1. The Hall–Kier alpha value is -2.15. The van der Waals surface area contributed by atoms with Crippen LogP contribution in [0.15, 0.2) is 11.4 Å². The first-order chi connectivity index (χ1) is 12.6. The van der Waals surface area contributed by atoms with Crippen LogP contribution in [0.25, 0.3) is 0 Å². The van der Waals surface area contributed by atoms with E-state index >= 15 is 0 Å². The Bertz CT molecular complexity index is 839. The molecular formula is C19H23N3O3S. The van der Waals surface area contributed by atoms with Crippen molar-refractivity contribution in [3.05, 3.63) is 38.8 Å². The van der Waals surface area contributed by atoms with Crippen molar-refractivity contribution in [1.29, 1.82) is 0 Å². The Morgan fingerprint density at radius 1 is 1.19 bits per heavy atom. The molecule has 1 aliphatic heterocycles. The number of fused-ring (bicyclic) bond motifs is 2. The standard InChI is InChI=1S/C19H23N3O3S/c23-18(24)7-6-13-10-14-11-21(8-3-9-22(14)20-13)19(25)16-12-26-17-5-2-1-4-15(16)17/h10,12H,1-9,11H2,(H,23,24). The van der Waals surface area contributed by atoms with Crippen molar-refractivity contribution in [1.82, 2.24) is 14.7 Å². The van der Waals surface area contributed by atoms with Gasteiger partial charge in [0.25, 0.3) is 5.91 Å². The van der Waals surface area contributed by atoms with E-state index < -0.39 is 5.97 Å². The Labute approximate surface area is 156 Å². The van der Waals surface area contributed by atoms with Gasteiger partial charge in [-0.25, -0.2) is 0 Å². The number of nitrogens with zero attached hydrogens (tertiary/aromatic N) is 3. The highest BCUT2D eigenvalue weighted by molar-refractivity contribution is 7.10. The van der Waals surface area contributed by atoms with Crippen molar-refractivity contribution >= 4 is 23.2 Å². The molecule has 1 aliphatic carbocycles. The monoisotopic (exact) mass is 373 g/mol. The van der Waals surface area contributed by atoms with Crippen LogP contribution in [0.5, 0.6) is 0 Å². The average molecular weight is 373 g/mol. The van der Waals surface area contributed by atoms with Gasteiger partial charge in [0.05, 0.1) is 29.9 Å². The molecule has 4 rings (SSSR count). The molecule has 1 amide bonds. The lowest BCUT2D eigenvalue weighted by molar-refractivity contribution is -0.136. The van der Waals surface area contributed by atoms with Crippen LogP contribution in [0.3, 0.4) is 0 Å². The Balaban J connectivity index is 1.52. The maximum Gasteiger partial charge on any atom is 0.303 e. The normalized spacial score (nSPS) is 16.7. The highest BCUT2D eigenvalue weighted by Gasteiger charge is 2.26. The predicted molar refractivity (Wildman–Crippen MR) is 98.5 cm³/mol. The van der Waals surface area contributed by atoms with Gasteiger partial charge in [0.1, 0.15) is 0 Å². The number of rotatable bonds is 4. The number of carboxylic acid groups (broad SMARTS) is 1. The second-order valence-electron chi connectivity index (χ2n) is 7.08. The zero-order valence-corrected chi connectivity index (χ0v) is 15.6. The van der Waals surface area contributed by atoms with Crippen LogP contribution in [0.1, 0.15) is 57.9 Å². The van der Waals surface area contributed by atoms with Gasteiger partial charge in [0.15, 0.2) is 0 Å². The maximum absolute atomic E-state index is 13.1. The summed E-state index contributed by atoms with van der Waals surface area (Å²) < 4.78 is 1.94. The zero-order valence-electron chi connectivity index (χ0n) is 14.7. The number of carboxylic acids is 1. The third-order valence-corrected chi connectivity index (χ3v) is 6.33. The molecule has 0 atom stereocenters. The van der Waals surface area contributed by atoms with Crippen LogP contribution in [0.4, 0.5) is 0 Å². The summed E-state index contributed by atoms with van der Waals surface area (Å²) >= 11 is 1.73. The van der Waals surface area contributed by atoms with Gasteiger partial charge in [0, 0.05) is 29.8 Å². The molecule has 3 heterocycles. The topological polar surface area (TPSA) is 75.4 Å². The van der Waals surface area contributed by atoms with Crippen LogP contribution < -0.4 is 0 Å². The van der Waals surface area contributed by atoms with Crippen LogP contribution in [-0.2, 0) is 37.1 Å². The van der Waals surface area contributed by atoms with Gasteiger partial charge in [0.2, 0.25) is 0 Å². The summed E-state index contributed by atoms with van der Waals surface area (Å²) in [5.74, 6) is -0.682. The van der Waals surface area contributed by atoms with E-state index in [0.29, 0.717) is 13.0 Å². The first-order valence-corrected chi connectivity index (χ1v) is 10.2. The van der Waals surface area contributed by atoms with Crippen LogP contribution in [0.2, 0.25) is 0 Å². The Kier molecular flexibility index (Phi) is 4.80. The van der Waals surface area contributed by atoms with Gasteiger partial charge in [-0.05, 0) is 43.7 Å². The molecule has 2 aliphatic rings. The van der Waals surface area contributed by atoms with Crippen molar-refractivity contribution in [3.8, 4) is 0 Å². The van der Waals surface area contributed by atoms with Crippen molar-refractivity contribution < 1.29 is 14.7 Å². The molecule has 6 nitrogen and oxygen atoms in total. The van der Waals surface area contributed by atoms with Crippen molar-refractivity contribution in [2.45, 2.75) is 58.0 Å². The Morgan fingerprint density at radius 3 is 2.88 bits per heavy atom. The molecule has 0 aromatic carbocycles. The summed E-state index contributed by atoms with van der Waals surface area (Å²) in [6.45, 7) is 2.05. The fraction of sp³-hybridized carbons (Fsp3) is 0.526. The SMILES string of the molecule is O=C(O)CCc1cc2n(n1)CCCN(C(=O)c1csc3c1CCCC3)C2. The number of aromatic nitrogens is 2. The molecule has 138 valence electrons. The molecule has 0 fully saturated rings. The first kappa shape index (κ1) is 17.3. The smallest absolute Gasteiger partial charge is 0.303 e. The van der Waals surface area contributed by atoms with Crippen molar-refractivity contribution in [3.63, 3.8) is 0 Å². The fourth-order valence-electron chi connectivity index (χ4n) is 3.90. The van der Waals surface area contributed by atoms with Crippen molar-refractivity contribution in [2.75, 3.05) is 6.54 Å². The lowest BCUT2D eigenvalue weighted by Gasteiger charge is -2.21. The third kappa shape index (κ3) is 3.40. The molecular weight excluding hydrogens is 350 g/mol.